The number of halogens is 1. The Morgan fingerprint density at radius 1 is 0.500 bits per heavy atom. The molecule has 0 amide bonds. The van der Waals surface area contributed by atoms with Crippen molar-refractivity contribution in [1.82, 2.24) is 4.57 Å². The van der Waals surface area contributed by atoms with Crippen LogP contribution in [-0.2, 0) is 0 Å². The molecule has 192 valence electrons. The Hall–Kier alpha value is -5.15. The summed E-state index contributed by atoms with van der Waals surface area (Å²) in [6.07, 6.45) is 0. The normalized spacial score (nSPS) is 11.2. The van der Waals surface area contributed by atoms with Crippen LogP contribution in [0.4, 0.5) is 21.5 Å². The average molecular weight is 519 g/mol. The number of aryl methyl sites for hydroxylation is 1. The Labute approximate surface area is 233 Å². The van der Waals surface area contributed by atoms with Gasteiger partial charge in [-0.2, -0.15) is 0 Å². The van der Waals surface area contributed by atoms with Crippen molar-refractivity contribution >= 4 is 38.9 Å². The van der Waals surface area contributed by atoms with E-state index < -0.39 is 0 Å². The second-order valence-corrected chi connectivity index (χ2v) is 10.1. The molecule has 0 fully saturated rings. The van der Waals surface area contributed by atoms with Gasteiger partial charge in [-0.05, 0) is 102 Å². The molecular formula is C37H27FN2. The van der Waals surface area contributed by atoms with E-state index in [4.69, 9.17) is 0 Å². The van der Waals surface area contributed by atoms with Crippen LogP contribution in [0.25, 0.3) is 38.6 Å². The Balaban J connectivity index is 1.32. The van der Waals surface area contributed by atoms with E-state index in [-0.39, 0.29) is 5.82 Å². The molecule has 0 saturated carbocycles. The zero-order chi connectivity index (χ0) is 27.1. The van der Waals surface area contributed by atoms with Crippen molar-refractivity contribution in [3.8, 4) is 16.8 Å². The lowest BCUT2D eigenvalue weighted by atomic mass is 10.0. The smallest absolute Gasteiger partial charge is 0.123 e. The molecule has 40 heavy (non-hydrogen) atoms. The molecular weight excluding hydrogens is 491 g/mol. The molecule has 1 aromatic heterocycles. The second-order valence-electron chi connectivity index (χ2n) is 10.1. The third kappa shape index (κ3) is 4.22. The Bertz CT molecular complexity index is 1940. The summed E-state index contributed by atoms with van der Waals surface area (Å²) in [5.74, 6) is -0.244. The van der Waals surface area contributed by atoms with Crippen molar-refractivity contribution in [1.29, 1.82) is 0 Å². The van der Waals surface area contributed by atoms with Gasteiger partial charge in [-0.15, -0.1) is 0 Å². The summed E-state index contributed by atoms with van der Waals surface area (Å²) in [5, 5.41) is 2.48. The molecule has 0 atom stereocenters. The number of anilines is 3. The number of nitrogens with zero attached hydrogens (tertiary/aromatic N) is 2. The Morgan fingerprint density at radius 2 is 1.10 bits per heavy atom. The third-order valence-corrected chi connectivity index (χ3v) is 7.49. The molecule has 0 saturated heterocycles. The van der Waals surface area contributed by atoms with E-state index in [2.05, 4.69) is 120 Å². The topological polar surface area (TPSA) is 8.17 Å². The molecule has 0 aliphatic carbocycles. The van der Waals surface area contributed by atoms with Gasteiger partial charge in [0.2, 0.25) is 0 Å². The van der Waals surface area contributed by atoms with Crippen molar-refractivity contribution in [3.05, 3.63) is 157 Å². The maximum atomic E-state index is 13.7. The number of aromatic nitrogens is 1. The van der Waals surface area contributed by atoms with Crippen LogP contribution in [0, 0.1) is 12.7 Å². The van der Waals surface area contributed by atoms with Gasteiger partial charge in [-0.1, -0.05) is 66.7 Å². The van der Waals surface area contributed by atoms with Crippen LogP contribution in [0.2, 0.25) is 0 Å². The van der Waals surface area contributed by atoms with Gasteiger partial charge in [0.05, 0.1) is 11.0 Å². The fourth-order valence-electron chi connectivity index (χ4n) is 5.58. The van der Waals surface area contributed by atoms with E-state index in [9.17, 15) is 4.39 Å². The largest absolute Gasteiger partial charge is 0.311 e. The summed E-state index contributed by atoms with van der Waals surface area (Å²) in [7, 11) is 0. The molecule has 0 radical (unpaired) electrons. The van der Waals surface area contributed by atoms with Crippen molar-refractivity contribution in [2.75, 3.05) is 4.90 Å². The van der Waals surface area contributed by atoms with E-state index in [1.54, 1.807) is 0 Å². The maximum absolute atomic E-state index is 13.7. The fraction of sp³-hybridized carbons (Fsp3) is 0.0270. The highest BCUT2D eigenvalue weighted by atomic mass is 19.1. The molecule has 0 aliphatic heterocycles. The van der Waals surface area contributed by atoms with Crippen LogP contribution in [-0.4, -0.2) is 4.57 Å². The summed E-state index contributed by atoms with van der Waals surface area (Å²) in [4.78, 5) is 2.14. The van der Waals surface area contributed by atoms with Crippen LogP contribution in [0.15, 0.2) is 146 Å². The molecule has 0 unspecified atom stereocenters. The van der Waals surface area contributed by atoms with Crippen LogP contribution in [0.3, 0.4) is 0 Å². The predicted molar refractivity (Wildman–Crippen MR) is 166 cm³/mol. The summed E-state index contributed by atoms with van der Waals surface area (Å²) < 4.78 is 16.1. The van der Waals surface area contributed by atoms with Crippen LogP contribution < -0.4 is 4.90 Å². The Kier molecular flexibility index (Phi) is 5.90. The first kappa shape index (κ1) is 23.9. The van der Waals surface area contributed by atoms with Gasteiger partial charge in [0.25, 0.3) is 0 Å². The first-order chi connectivity index (χ1) is 19.7. The lowest BCUT2D eigenvalue weighted by Gasteiger charge is -2.25. The molecule has 0 spiro atoms. The number of rotatable bonds is 5. The number of para-hydroxylation sites is 2. The van der Waals surface area contributed by atoms with Crippen LogP contribution >= 0.6 is 0 Å². The molecule has 0 bridgehead atoms. The number of hydrogen-bond acceptors (Lipinski definition) is 1. The van der Waals surface area contributed by atoms with Crippen molar-refractivity contribution in [3.63, 3.8) is 0 Å². The number of benzene rings is 6. The molecule has 1 heterocycles. The summed E-state index contributed by atoms with van der Waals surface area (Å²) >= 11 is 0. The van der Waals surface area contributed by atoms with Crippen molar-refractivity contribution in [2.24, 2.45) is 0 Å². The zero-order valence-corrected chi connectivity index (χ0v) is 22.1. The molecule has 0 N–H and O–H groups in total. The van der Waals surface area contributed by atoms with Gasteiger partial charge in [0.15, 0.2) is 0 Å². The fourth-order valence-corrected chi connectivity index (χ4v) is 5.58. The molecule has 0 aliphatic rings. The third-order valence-electron chi connectivity index (χ3n) is 7.49. The predicted octanol–water partition coefficient (Wildman–Crippen LogP) is 10.4. The molecule has 3 heteroatoms. The first-order valence-electron chi connectivity index (χ1n) is 13.5. The summed E-state index contributed by atoms with van der Waals surface area (Å²) in [6, 6.07) is 49.4. The number of hydrogen-bond donors (Lipinski definition) is 0. The van der Waals surface area contributed by atoms with Crippen LogP contribution in [0.5, 0.6) is 0 Å². The van der Waals surface area contributed by atoms with Gasteiger partial charge in [0, 0.05) is 33.5 Å². The SMILES string of the molecule is Cc1ccc2c3cc(-c4ccc(N(c5ccccc5)c5ccc(F)cc5)cc4)ccc3n(-c3ccccc3)c2c1. The molecule has 7 aromatic rings. The average Bonchev–Trinajstić information content (AvgIpc) is 3.32. The number of fused-ring (bicyclic) bond motifs is 3. The van der Waals surface area contributed by atoms with E-state index in [0.717, 1.165) is 28.3 Å². The molecule has 6 aromatic carbocycles. The minimum absolute atomic E-state index is 0.244. The van der Waals surface area contributed by atoms with E-state index >= 15 is 0 Å². The molecule has 2 nitrogen and oxygen atoms in total. The monoisotopic (exact) mass is 518 g/mol. The van der Waals surface area contributed by atoms with E-state index in [0.29, 0.717) is 0 Å². The minimum atomic E-state index is -0.244. The van der Waals surface area contributed by atoms with E-state index in [1.807, 2.05) is 30.3 Å². The quantitative estimate of drug-likeness (QED) is 0.220. The van der Waals surface area contributed by atoms with Crippen molar-refractivity contribution in [2.45, 2.75) is 6.92 Å². The van der Waals surface area contributed by atoms with Crippen LogP contribution in [0.1, 0.15) is 5.56 Å². The molecule has 7 rings (SSSR count). The van der Waals surface area contributed by atoms with Gasteiger partial charge < -0.3 is 9.47 Å². The lowest BCUT2D eigenvalue weighted by Crippen LogP contribution is -2.09. The maximum Gasteiger partial charge on any atom is 0.123 e. The van der Waals surface area contributed by atoms with Gasteiger partial charge in [-0.3, -0.25) is 0 Å². The van der Waals surface area contributed by atoms with Crippen molar-refractivity contribution < 1.29 is 4.39 Å². The standard InChI is InChI=1S/C37H27FN2/c1-26-12-22-34-35-25-28(15-23-36(35)40(37(34)24-26)31-10-6-3-7-11-31)27-13-18-32(19-14-27)39(30-8-4-2-5-9-30)33-20-16-29(38)17-21-33/h2-25H,1H3. The highest BCUT2D eigenvalue weighted by Gasteiger charge is 2.15. The van der Waals surface area contributed by atoms with Gasteiger partial charge in [0.1, 0.15) is 5.82 Å². The first-order valence-corrected chi connectivity index (χ1v) is 13.5. The lowest BCUT2D eigenvalue weighted by molar-refractivity contribution is 0.628. The Morgan fingerprint density at radius 3 is 1.80 bits per heavy atom. The van der Waals surface area contributed by atoms with Gasteiger partial charge >= 0.3 is 0 Å². The highest BCUT2D eigenvalue weighted by molar-refractivity contribution is 6.10. The summed E-state index contributed by atoms with van der Waals surface area (Å²) in [6.45, 7) is 2.14. The van der Waals surface area contributed by atoms with E-state index in [1.165, 1.54) is 45.1 Å². The second kappa shape index (κ2) is 9.87. The zero-order valence-electron chi connectivity index (χ0n) is 22.1. The van der Waals surface area contributed by atoms with Gasteiger partial charge in [-0.25, -0.2) is 4.39 Å². The minimum Gasteiger partial charge on any atom is -0.311 e. The summed E-state index contributed by atoms with van der Waals surface area (Å²) in [5.41, 5.74) is 10.1. The highest BCUT2D eigenvalue weighted by Crippen LogP contribution is 2.38.